The largest absolute Gasteiger partial charge is 0.409 e. The van der Waals surface area contributed by atoms with E-state index in [4.69, 9.17) is 10.9 Å². The summed E-state index contributed by atoms with van der Waals surface area (Å²) in [6, 6.07) is -0.194. The lowest BCUT2D eigenvalue weighted by Gasteiger charge is -2.15. The van der Waals surface area contributed by atoms with Gasteiger partial charge in [-0.3, -0.25) is 9.78 Å². The molecule has 0 aliphatic heterocycles. The summed E-state index contributed by atoms with van der Waals surface area (Å²) in [5.41, 5.74) is 5.63. The summed E-state index contributed by atoms with van der Waals surface area (Å²) in [6.45, 7) is 1.90. The summed E-state index contributed by atoms with van der Waals surface area (Å²) in [4.78, 5) is 19.4. The average Bonchev–Trinajstić information content (AvgIpc) is 2.38. The van der Waals surface area contributed by atoms with Crippen LogP contribution in [0.15, 0.2) is 23.7 Å². The van der Waals surface area contributed by atoms with Crippen molar-refractivity contribution in [3.8, 4) is 0 Å². The Labute approximate surface area is 98.8 Å². The Morgan fingerprint density at radius 2 is 2.41 bits per heavy atom. The van der Waals surface area contributed by atoms with Gasteiger partial charge in [-0.2, -0.15) is 0 Å². The normalized spacial score (nSPS) is 13.1. The minimum Gasteiger partial charge on any atom is -0.409 e. The van der Waals surface area contributed by atoms with Crippen molar-refractivity contribution in [3.05, 3.63) is 24.3 Å². The Morgan fingerprint density at radius 1 is 1.65 bits per heavy atom. The molecule has 0 bridgehead atoms. The van der Waals surface area contributed by atoms with E-state index in [0.717, 1.165) is 0 Å². The van der Waals surface area contributed by atoms with Crippen LogP contribution in [0.4, 0.5) is 0 Å². The lowest BCUT2D eigenvalue weighted by atomic mass is 10.1. The van der Waals surface area contributed by atoms with Gasteiger partial charge < -0.3 is 16.3 Å². The molecule has 0 radical (unpaired) electrons. The van der Waals surface area contributed by atoms with Gasteiger partial charge in [0.05, 0.1) is 6.20 Å². The van der Waals surface area contributed by atoms with E-state index in [9.17, 15) is 4.79 Å². The van der Waals surface area contributed by atoms with E-state index in [1.165, 1.54) is 18.6 Å². The van der Waals surface area contributed by atoms with Gasteiger partial charge in [-0.15, -0.1) is 0 Å². The molecule has 1 atom stereocenters. The third kappa shape index (κ3) is 4.06. The summed E-state index contributed by atoms with van der Waals surface area (Å²) in [7, 11) is 0. The van der Waals surface area contributed by atoms with Gasteiger partial charge in [0.25, 0.3) is 5.91 Å². The summed E-state index contributed by atoms with van der Waals surface area (Å²) < 4.78 is 0. The molecule has 1 rings (SSSR count). The molecular weight excluding hydrogens is 222 g/mol. The number of nitrogens with zero attached hydrogens (tertiary/aromatic N) is 3. The van der Waals surface area contributed by atoms with Crippen molar-refractivity contribution in [1.29, 1.82) is 0 Å². The SMILES string of the molecule is CCC(CC(N)=NO)NC(=O)c1cnccn1. The smallest absolute Gasteiger partial charge is 0.271 e. The van der Waals surface area contributed by atoms with E-state index < -0.39 is 0 Å². The number of carbonyl (C=O) groups is 1. The average molecular weight is 237 g/mol. The summed E-state index contributed by atoms with van der Waals surface area (Å²) >= 11 is 0. The van der Waals surface area contributed by atoms with Gasteiger partial charge >= 0.3 is 0 Å². The predicted molar refractivity (Wildman–Crippen MR) is 61.6 cm³/mol. The number of amides is 1. The number of hydrogen-bond acceptors (Lipinski definition) is 5. The first kappa shape index (κ1) is 12.9. The van der Waals surface area contributed by atoms with Crippen molar-refractivity contribution < 1.29 is 10.0 Å². The van der Waals surface area contributed by atoms with Crippen LogP contribution in [0.25, 0.3) is 0 Å². The number of aromatic nitrogens is 2. The zero-order valence-corrected chi connectivity index (χ0v) is 9.50. The van der Waals surface area contributed by atoms with Crippen LogP contribution in [0, 0.1) is 0 Å². The molecule has 1 aromatic rings. The maximum absolute atomic E-state index is 11.7. The standard InChI is InChI=1S/C10H15N5O2/c1-2-7(5-9(11)15-17)14-10(16)8-6-12-3-4-13-8/h3-4,6-7,17H,2,5H2,1H3,(H2,11,15)(H,14,16). The Balaban J connectivity index is 2.60. The Morgan fingerprint density at radius 3 is 2.94 bits per heavy atom. The highest BCUT2D eigenvalue weighted by atomic mass is 16.4. The number of rotatable bonds is 5. The third-order valence-electron chi connectivity index (χ3n) is 2.21. The van der Waals surface area contributed by atoms with Gasteiger partial charge in [0, 0.05) is 24.9 Å². The molecule has 1 aromatic heterocycles. The molecule has 0 fully saturated rings. The zero-order chi connectivity index (χ0) is 12.7. The molecule has 0 aliphatic rings. The van der Waals surface area contributed by atoms with Crippen molar-refractivity contribution in [2.24, 2.45) is 10.9 Å². The minimum atomic E-state index is -0.323. The van der Waals surface area contributed by atoms with E-state index in [0.29, 0.717) is 12.8 Å². The maximum Gasteiger partial charge on any atom is 0.271 e. The fraction of sp³-hybridized carbons (Fsp3) is 0.400. The molecule has 4 N–H and O–H groups in total. The number of carbonyl (C=O) groups excluding carboxylic acids is 1. The van der Waals surface area contributed by atoms with Crippen LogP contribution in [-0.2, 0) is 0 Å². The highest BCUT2D eigenvalue weighted by Gasteiger charge is 2.14. The van der Waals surface area contributed by atoms with Gasteiger partial charge in [-0.25, -0.2) is 4.98 Å². The molecule has 0 spiro atoms. The molecule has 0 aliphatic carbocycles. The summed E-state index contributed by atoms with van der Waals surface area (Å²) in [5.74, 6) is -0.244. The predicted octanol–water partition coefficient (Wildman–Crippen LogP) is 0.122. The van der Waals surface area contributed by atoms with Crippen LogP contribution >= 0.6 is 0 Å². The van der Waals surface area contributed by atoms with Crippen molar-refractivity contribution >= 4 is 11.7 Å². The first-order chi connectivity index (χ1) is 8.17. The van der Waals surface area contributed by atoms with Gasteiger partial charge in [-0.05, 0) is 6.42 Å². The van der Waals surface area contributed by atoms with E-state index in [1.807, 2.05) is 6.92 Å². The molecule has 92 valence electrons. The van der Waals surface area contributed by atoms with E-state index >= 15 is 0 Å². The van der Waals surface area contributed by atoms with Crippen LogP contribution in [-0.4, -0.2) is 33.0 Å². The number of amidine groups is 1. The molecule has 17 heavy (non-hydrogen) atoms. The monoisotopic (exact) mass is 237 g/mol. The Kier molecular flexibility index (Phi) is 4.86. The molecule has 1 unspecified atom stereocenters. The Hall–Kier alpha value is -2.18. The second kappa shape index (κ2) is 6.41. The van der Waals surface area contributed by atoms with Gasteiger partial charge in [0.2, 0.25) is 0 Å². The van der Waals surface area contributed by atoms with Crippen molar-refractivity contribution in [2.45, 2.75) is 25.8 Å². The Bertz CT molecular complexity index is 393. The third-order valence-corrected chi connectivity index (χ3v) is 2.21. The van der Waals surface area contributed by atoms with Gasteiger partial charge in [0.15, 0.2) is 0 Å². The quantitative estimate of drug-likeness (QED) is 0.291. The lowest BCUT2D eigenvalue weighted by molar-refractivity contribution is 0.0931. The highest BCUT2D eigenvalue weighted by Crippen LogP contribution is 2.00. The van der Waals surface area contributed by atoms with Crippen molar-refractivity contribution in [1.82, 2.24) is 15.3 Å². The van der Waals surface area contributed by atoms with Crippen molar-refractivity contribution in [3.63, 3.8) is 0 Å². The molecule has 0 aromatic carbocycles. The molecule has 1 heterocycles. The minimum absolute atomic E-state index is 0.0799. The first-order valence-corrected chi connectivity index (χ1v) is 5.20. The number of nitrogens with two attached hydrogens (primary N) is 1. The van der Waals surface area contributed by atoms with E-state index in [1.54, 1.807) is 0 Å². The maximum atomic E-state index is 11.7. The van der Waals surface area contributed by atoms with Gasteiger partial charge in [-0.1, -0.05) is 12.1 Å². The molecule has 7 heteroatoms. The van der Waals surface area contributed by atoms with Crippen molar-refractivity contribution in [2.75, 3.05) is 0 Å². The van der Waals surface area contributed by atoms with Gasteiger partial charge in [0.1, 0.15) is 11.5 Å². The molecule has 1 amide bonds. The van der Waals surface area contributed by atoms with Crippen LogP contribution in [0.3, 0.4) is 0 Å². The highest BCUT2D eigenvalue weighted by molar-refractivity contribution is 5.92. The summed E-state index contributed by atoms with van der Waals surface area (Å²) in [6.07, 6.45) is 5.27. The lowest BCUT2D eigenvalue weighted by Crippen LogP contribution is -2.37. The zero-order valence-electron chi connectivity index (χ0n) is 9.50. The number of hydrogen-bond donors (Lipinski definition) is 3. The van der Waals surface area contributed by atoms with Crippen LogP contribution in [0.2, 0.25) is 0 Å². The molecule has 0 saturated carbocycles. The first-order valence-electron chi connectivity index (χ1n) is 5.20. The fourth-order valence-corrected chi connectivity index (χ4v) is 1.27. The topological polar surface area (TPSA) is 113 Å². The fourth-order valence-electron chi connectivity index (χ4n) is 1.27. The summed E-state index contributed by atoms with van der Waals surface area (Å²) in [5, 5.41) is 14.1. The number of nitrogens with one attached hydrogen (secondary N) is 1. The van der Waals surface area contributed by atoms with E-state index in [2.05, 4.69) is 20.4 Å². The van der Waals surface area contributed by atoms with E-state index in [-0.39, 0.29) is 23.5 Å². The molecule has 7 nitrogen and oxygen atoms in total. The van der Waals surface area contributed by atoms with Crippen LogP contribution in [0.1, 0.15) is 30.3 Å². The molecule has 0 saturated heterocycles. The second-order valence-corrected chi connectivity index (χ2v) is 3.46. The second-order valence-electron chi connectivity index (χ2n) is 3.46. The van der Waals surface area contributed by atoms with Crippen LogP contribution < -0.4 is 11.1 Å². The van der Waals surface area contributed by atoms with Crippen LogP contribution in [0.5, 0.6) is 0 Å². The molecular formula is C10H15N5O2. The number of oxime groups is 1.